The Morgan fingerprint density at radius 1 is 1.33 bits per heavy atom. The van der Waals surface area contributed by atoms with E-state index >= 15 is 0 Å². The first-order chi connectivity index (χ1) is 9.88. The van der Waals surface area contributed by atoms with Crippen molar-refractivity contribution < 1.29 is 14.6 Å². The van der Waals surface area contributed by atoms with Crippen LogP contribution in [0.1, 0.15) is 35.7 Å². The largest absolute Gasteiger partial charge is 0.477 e. The predicted molar refractivity (Wildman–Crippen MR) is 84.5 cm³/mol. The molecule has 1 heterocycles. The molecule has 0 radical (unpaired) electrons. The number of pyridine rings is 1. The van der Waals surface area contributed by atoms with E-state index in [1.165, 1.54) is 12.1 Å². The zero-order chi connectivity index (χ0) is 15.6. The lowest BCUT2D eigenvalue weighted by molar-refractivity contribution is 0.0693. The lowest BCUT2D eigenvalue weighted by atomic mass is 10.0. The van der Waals surface area contributed by atoms with E-state index in [2.05, 4.69) is 20.9 Å². The molecule has 0 unspecified atom stereocenters. The molecule has 0 aliphatic heterocycles. The van der Waals surface area contributed by atoms with Crippen molar-refractivity contribution in [3.05, 3.63) is 51.1 Å². The van der Waals surface area contributed by atoms with Crippen LogP contribution in [0, 0.1) is 0 Å². The van der Waals surface area contributed by atoms with Crippen molar-refractivity contribution in [1.29, 1.82) is 0 Å². The summed E-state index contributed by atoms with van der Waals surface area (Å²) in [5, 5.41) is 9.37. The van der Waals surface area contributed by atoms with Crippen molar-refractivity contribution in [3.8, 4) is 11.6 Å². The fraction of sp³-hybridized carbons (Fsp3) is 0.200. The van der Waals surface area contributed by atoms with Gasteiger partial charge in [0.05, 0.1) is 0 Å². The molecule has 1 aromatic heterocycles. The molecule has 21 heavy (non-hydrogen) atoms. The Kier molecular flexibility index (Phi) is 4.85. The van der Waals surface area contributed by atoms with Gasteiger partial charge in [0.15, 0.2) is 0 Å². The number of hydrogen-bond donors (Lipinski definition) is 1. The van der Waals surface area contributed by atoms with E-state index in [4.69, 9.17) is 16.3 Å². The summed E-state index contributed by atoms with van der Waals surface area (Å²) < 4.78 is 6.63. The Morgan fingerprint density at radius 3 is 2.67 bits per heavy atom. The van der Waals surface area contributed by atoms with E-state index in [-0.39, 0.29) is 22.5 Å². The normalized spacial score (nSPS) is 10.7. The van der Waals surface area contributed by atoms with Crippen LogP contribution < -0.4 is 4.74 Å². The summed E-state index contributed by atoms with van der Waals surface area (Å²) in [4.78, 5) is 15.2. The number of halogens is 2. The van der Waals surface area contributed by atoms with Gasteiger partial charge in [0.2, 0.25) is 5.88 Å². The van der Waals surface area contributed by atoms with Gasteiger partial charge >= 0.3 is 5.97 Å². The molecule has 0 saturated carbocycles. The minimum Gasteiger partial charge on any atom is -0.477 e. The molecule has 0 aliphatic rings. The molecule has 0 spiro atoms. The summed E-state index contributed by atoms with van der Waals surface area (Å²) in [5.41, 5.74) is 0.916. The van der Waals surface area contributed by atoms with Gasteiger partial charge in [-0.05, 0) is 41.8 Å². The van der Waals surface area contributed by atoms with E-state index in [0.29, 0.717) is 5.75 Å². The van der Waals surface area contributed by atoms with Crippen LogP contribution >= 0.6 is 27.5 Å². The van der Waals surface area contributed by atoms with E-state index in [9.17, 15) is 9.90 Å². The van der Waals surface area contributed by atoms with Crippen LogP contribution in [-0.2, 0) is 0 Å². The Bertz CT molecular complexity index is 689. The van der Waals surface area contributed by atoms with Crippen LogP contribution in [0.25, 0.3) is 0 Å². The van der Waals surface area contributed by atoms with Crippen LogP contribution in [0.2, 0.25) is 5.15 Å². The van der Waals surface area contributed by atoms with Crippen LogP contribution in [0.4, 0.5) is 0 Å². The number of ether oxygens (including phenoxy) is 1. The van der Waals surface area contributed by atoms with Crippen molar-refractivity contribution in [3.63, 3.8) is 0 Å². The zero-order valence-corrected chi connectivity index (χ0v) is 13.8. The van der Waals surface area contributed by atoms with Gasteiger partial charge in [-0.3, -0.25) is 0 Å². The number of carbonyl (C=O) groups is 1. The highest BCUT2D eigenvalue weighted by Crippen LogP contribution is 2.33. The van der Waals surface area contributed by atoms with Gasteiger partial charge in [0.25, 0.3) is 0 Å². The Labute approximate surface area is 135 Å². The number of aromatic carboxylic acids is 1. The predicted octanol–water partition coefficient (Wildman–Crippen LogP) is 5.11. The second-order valence-corrected chi connectivity index (χ2v) is 6.03. The van der Waals surface area contributed by atoms with E-state index in [1.54, 1.807) is 6.07 Å². The number of carboxylic acid groups (broad SMARTS) is 1. The van der Waals surface area contributed by atoms with Crippen molar-refractivity contribution in [2.45, 2.75) is 19.8 Å². The molecule has 0 bridgehead atoms. The summed E-state index contributed by atoms with van der Waals surface area (Å²) in [6, 6.07) is 8.33. The fourth-order valence-electron chi connectivity index (χ4n) is 1.83. The number of carboxylic acids is 1. The third kappa shape index (κ3) is 3.74. The molecule has 0 aliphatic carbocycles. The van der Waals surface area contributed by atoms with Gasteiger partial charge in [-0.25, -0.2) is 9.78 Å². The summed E-state index contributed by atoms with van der Waals surface area (Å²) in [6.45, 7) is 4.05. The standard InChI is InChI=1S/C15H13BrClNO3/c1-8(2)11-7-9(16)3-5-12(11)21-14-10(15(19)20)4-6-13(17)18-14/h3-8H,1-2H3,(H,19,20). The second-order valence-electron chi connectivity index (χ2n) is 4.73. The SMILES string of the molecule is CC(C)c1cc(Br)ccc1Oc1nc(Cl)ccc1C(=O)O. The number of benzene rings is 1. The molecule has 2 rings (SSSR count). The van der Waals surface area contributed by atoms with Crippen LogP contribution in [0.15, 0.2) is 34.8 Å². The van der Waals surface area contributed by atoms with Crippen LogP contribution in [0.3, 0.4) is 0 Å². The lowest BCUT2D eigenvalue weighted by Crippen LogP contribution is -2.03. The van der Waals surface area contributed by atoms with Crippen molar-refractivity contribution in [2.75, 3.05) is 0 Å². The van der Waals surface area contributed by atoms with Crippen molar-refractivity contribution in [1.82, 2.24) is 4.98 Å². The number of nitrogens with zero attached hydrogens (tertiary/aromatic N) is 1. The quantitative estimate of drug-likeness (QED) is 0.760. The van der Waals surface area contributed by atoms with Gasteiger partial charge in [-0.1, -0.05) is 41.4 Å². The molecule has 110 valence electrons. The third-order valence-electron chi connectivity index (χ3n) is 2.86. The molecule has 1 N–H and O–H groups in total. The van der Waals surface area contributed by atoms with Gasteiger partial charge in [-0.2, -0.15) is 0 Å². The van der Waals surface area contributed by atoms with E-state index in [1.807, 2.05) is 26.0 Å². The average Bonchev–Trinajstić information content (AvgIpc) is 2.40. The minimum atomic E-state index is -1.11. The number of hydrogen-bond acceptors (Lipinski definition) is 3. The maximum atomic E-state index is 11.2. The van der Waals surface area contributed by atoms with E-state index in [0.717, 1.165) is 10.0 Å². The van der Waals surface area contributed by atoms with Gasteiger partial charge in [-0.15, -0.1) is 0 Å². The first kappa shape index (κ1) is 15.8. The Balaban J connectivity index is 2.47. The zero-order valence-electron chi connectivity index (χ0n) is 11.4. The molecule has 0 fully saturated rings. The molecule has 2 aromatic rings. The Morgan fingerprint density at radius 2 is 2.05 bits per heavy atom. The van der Waals surface area contributed by atoms with Crippen LogP contribution in [-0.4, -0.2) is 16.1 Å². The second kappa shape index (κ2) is 6.45. The molecule has 0 atom stereocenters. The number of rotatable bonds is 4. The lowest BCUT2D eigenvalue weighted by Gasteiger charge is -2.14. The summed E-state index contributed by atoms with van der Waals surface area (Å²) in [7, 11) is 0. The maximum absolute atomic E-state index is 11.2. The molecular formula is C15H13BrClNO3. The highest BCUT2D eigenvalue weighted by molar-refractivity contribution is 9.10. The molecule has 0 saturated heterocycles. The van der Waals surface area contributed by atoms with Crippen molar-refractivity contribution >= 4 is 33.5 Å². The highest BCUT2D eigenvalue weighted by atomic mass is 79.9. The topological polar surface area (TPSA) is 59.4 Å². The van der Waals surface area contributed by atoms with Crippen LogP contribution in [0.5, 0.6) is 11.6 Å². The molecule has 6 heteroatoms. The summed E-state index contributed by atoms with van der Waals surface area (Å²) >= 11 is 9.24. The minimum absolute atomic E-state index is 0.0146. The molecule has 1 aromatic carbocycles. The third-order valence-corrected chi connectivity index (χ3v) is 3.56. The smallest absolute Gasteiger partial charge is 0.341 e. The van der Waals surface area contributed by atoms with Crippen molar-refractivity contribution in [2.24, 2.45) is 0 Å². The summed E-state index contributed by atoms with van der Waals surface area (Å²) in [6.07, 6.45) is 0. The molecule has 4 nitrogen and oxygen atoms in total. The van der Waals surface area contributed by atoms with Gasteiger partial charge in [0.1, 0.15) is 16.5 Å². The highest BCUT2D eigenvalue weighted by Gasteiger charge is 2.17. The first-order valence-corrected chi connectivity index (χ1v) is 7.42. The fourth-order valence-corrected chi connectivity index (χ4v) is 2.34. The maximum Gasteiger partial charge on any atom is 0.341 e. The summed E-state index contributed by atoms with van der Waals surface area (Å²) in [5.74, 6) is -0.355. The molecule has 0 amide bonds. The van der Waals surface area contributed by atoms with Gasteiger partial charge in [0, 0.05) is 4.47 Å². The monoisotopic (exact) mass is 369 g/mol. The number of aromatic nitrogens is 1. The Hall–Kier alpha value is -1.59. The van der Waals surface area contributed by atoms with E-state index < -0.39 is 5.97 Å². The van der Waals surface area contributed by atoms with Gasteiger partial charge < -0.3 is 9.84 Å². The average molecular weight is 371 g/mol. The molecular weight excluding hydrogens is 358 g/mol. The first-order valence-electron chi connectivity index (χ1n) is 6.25.